The number of thiocarbonyl (C=S) groups is 1. The molecular formula is C30H33NO7S2. The van der Waals surface area contributed by atoms with E-state index in [4.69, 9.17) is 35.6 Å². The van der Waals surface area contributed by atoms with Gasteiger partial charge in [0, 0.05) is 17.7 Å². The van der Waals surface area contributed by atoms with Crippen molar-refractivity contribution in [3.05, 3.63) is 34.9 Å². The van der Waals surface area contributed by atoms with Crippen molar-refractivity contribution in [1.29, 1.82) is 0 Å². The Morgan fingerprint density at radius 1 is 1.07 bits per heavy atom. The van der Waals surface area contributed by atoms with Crippen LogP contribution in [-0.2, 0) is 14.3 Å². The van der Waals surface area contributed by atoms with Crippen molar-refractivity contribution in [1.82, 2.24) is 4.90 Å². The minimum absolute atomic E-state index is 0.00816. The lowest BCUT2D eigenvalue weighted by Crippen LogP contribution is -2.57. The maximum absolute atomic E-state index is 13.6. The van der Waals surface area contributed by atoms with Crippen LogP contribution >= 0.6 is 24.0 Å². The third kappa shape index (κ3) is 5.00. The van der Waals surface area contributed by atoms with E-state index in [1.165, 1.54) is 58.1 Å². The Balaban J connectivity index is 1.22. The Hall–Kier alpha value is -2.98. The van der Waals surface area contributed by atoms with E-state index in [2.05, 4.69) is 0 Å². The molecule has 212 valence electrons. The Labute approximate surface area is 243 Å². The van der Waals surface area contributed by atoms with Gasteiger partial charge < -0.3 is 23.4 Å². The molecule has 7 rings (SSSR count). The second-order valence-corrected chi connectivity index (χ2v) is 12.7. The summed E-state index contributed by atoms with van der Waals surface area (Å²) in [5, 5.41) is 0. The van der Waals surface area contributed by atoms with Gasteiger partial charge in [-0.1, -0.05) is 24.0 Å². The van der Waals surface area contributed by atoms with Crippen molar-refractivity contribution < 1.29 is 33.0 Å². The van der Waals surface area contributed by atoms with Crippen LogP contribution in [0.4, 0.5) is 0 Å². The van der Waals surface area contributed by atoms with Gasteiger partial charge >= 0.3 is 5.97 Å². The van der Waals surface area contributed by atoms with E-state index in [1.54, 1.807) is 25.1 Å². The second kappa shape index (κ2) is 11.1. The molecule has 0 radical (unpaired) electrons. The maximum atomic E-state index is 13.6. The number of ether oxygens (including phenoxy) is 4. The van der Waals surface area contributed by atoms with Crippen molar-refractivity contribution in [3.63, 3.8) is 0 Å². The van der Waals surface area contributed by atoms with Crippen molar-refractivity contribution in [2.24, 2.45) is 23.7 Å². The van der Waals surface area contributed by atoms with E-state index < -0.39 is 5.97 Å². The van der Waals surface area contributed by atoms with Gasteiger partial charge in [0.1, 0.15) is 15.8 Å². The zero-order valence-electron chi connectivity index (χ0n) is 22.8. The number of rotatable bonds is 9. The van der Waals surface area contributed by atoms with Crippen LogP contribution in [0, 0.1) is 23.7 Å². The van der Waals surface area contributed by atoms with Gasteiger partial charge in [0.2, 0.25) is 5.75 Å². The molecule has 4 bridgehead atoms. The lowest BCUT2D eigenvalue weighted by atomic mass is 9.54. The maximum Gasteiger partial charge on any atom is 0.344 e. The summed E-state index contributed by atoms with van der Waals surface area (Å²) in [6, 6.07) is 7.36. The molecule has 0 unspecified atom stereocenters. The third-order valence-corrected chi connectivity index (χ3v) is 9.91. The average molecular weight is 584 g/mol. The Bertz CT molecular complexity index is 1340. The standard InChI is InChI=1S/C30H33NO7S2/c1-4-36-26(32)15-37-24-13-18(12-23(34-2)28(24)35-3)22-6-5-21(38-22)14-25-29(33)31(30(39)40-25)27-19-8-16-7-17(10-19)11-20(27)9-16/h5-6,12-14,16-17,19-20,27H,4,7-11,15H2,1-3H3. The lowest BCUT2D eigenvalue weighted by molar-refractivity contribution is -0.145. The highest BCUT2D eigenvalue weighted by molar-refractivity contribution is 8.26. The summed E-state index contributed by atoms with van der Waals surface area (Å²) in [4.78, 5) is 28.0. The summed E-state index contributed by atoms with van der Waals surface area (Å²) in [7, 11) is 3.02. The molecule has 8 nitrogen and oxygen atoms in total. The molecule has 1 aromatic heterocycles. The van der Waals surface area contributed by atoms with E-state index in [1.807, 2.05) is 17.0 Å². The summed E-state index contributed by atoms with van der Waals surface area (Å²) >= 11 is 7.10. The summed E-state index contributed by atoms with van der Waals surface area (Å²) < 4.78 is 28.4. The molecule has 1 aromatic carbocycles. The first-order valence-electron chi connectivity index (χ1n) is 13.8. The Morgan fingerprint density at radius 3 is 2.42 bits per heavy atom. The van der Waals surface area contributed by atoms with Crippen LogP contribution in [0.5, 0.6) is 17.2 Å². The highest BCUT2D eigenvalue weighted by Crippen LogP contribution is 2.56. The first-order chi connectivity index (χ1) is 19.4. The zero-order valence-corrected chi connectivity index (χ0v) is 24.5. The summed E-state index contributed by atoms with van der Waals surface area (Å²) in [6.07, 6.45) is 8.06. The number of nitrogens with zero attached hydrogens (tertiary/aromatic N) is 1. The number of methoxy groups -OCH3 is 2. The predicted octanol–water partition coefficient (Wildman–Crippen LogP) is 5.93. The number of carbonyl (C=O) groups excluding carboxylic acids is 2. The molecule has 1 saturated heterocycles. The summed E-state index contributed by atoms with van der Waals surface area (Å²) in [6.45, 7) is 1.73. The monoisotopic (exact) mass is 583 g/mol. The molecule has 1 amide bonds. The van der Waals surface area contributed by atoms with E-state index >= 15 is 0 Å². The number of hydrogen-bond acceptors (Lipinski definition) is 9. The normalized spacial score (nSPS) is 27.9. The van der Waals surface area contributed by atoms with Gasteiger partial charge in [-0.3, -0.25) is 9.69 Å². The molecule has 5 fully saturated rings. The molecule has 2 heterocycles. The van der Waals surface area contributed by atoms with Crippen molar-refractivity contribution in [2.75, 3.05) is 27.4 Å². The molecule has 5 aliphatic rings. The molecule has 4 aliphatic carbocycles. The van der Waals surface area contributed by atoms with Crippen LogP contribution in [0.15, 0.2) is 33.6 Å². The number of esters is 1. The quantitative estimate of drug-likeness (QED) is 0.202. The van der Waals surface area contributed by atoms with Crippen LogP contribution in [-0.4, -0.2) is 54.6 Å². The van der Waals surface area contributed by atoms with Gasteiger partial charge in [0.05, 0.1) is 25.7 Å². The van der Waals surface area contributed by atoms with E-state index in [-0.39, 0.29) is 25.2 Å². The van der Waals surface area contributed by atoms with E-state index in [0.29, 0.717) is 55.4 Å². The summed E-state index contributed by atoms with van der Waals surface area (Å²) in [5.74, 6) is 4.50. The Kier molecular flexibility index (Phi) is 7.56. The van der Waals surface area contributed by atoms with Gasteiger partial charge in [0.25, 0.3) is 5.91 Å². The number of carbonyl (C=O) groups is 2. The van der Waals surface area contributed by atoms with Crippen LogP contribution in [0.1, 0.15) is 44.8 Å². The van der Waals surface area contributed by atoms with Crippen LogP contribution < -0.4 is 14.2 Å². The first-order valence-corrected chi connectivity index (χ1v) is 15.0. The highest BCUT2D eigenvalue weighted by atomic mass is 32.2. The third-order valence-electron chi connectivity index (χ3n) is 8.58. The molecular weight excluding hydrogens is 550 g/mol. The lowest BCUT2D eigenvalue weighted by Gasteiger charge is -2.56. The first kappa shape index (κ1) is 27.2. The average Bonchev–Trinajstić information content (AvgIpc) is 3.51. The zero-order chi connectivity index (χ0) is 28.0. The fourth-order valence-electron chi connectivity index (χ4n) is 7.29. The fraction of sp³-hybridized carbons (Fsp3) is 0.500. The second-order valence-electron chi connectivity index (χ2n) is 11.0. The molecule has 0 spiro atoms. The van der Waals surface area contributed by atoms with Gasteiger partial charge in [-0.15, -0.1) is 0 Å². The minimum atomic E-state index is -0.486. The number of amides is 1. The minimum Gasteiger partial charge on any atom is -0.493 e. The SMILES string of the molecule is CCOC(=O)COc1cc(-c2ccc(C=C3SC(=S)N(C4C5CC6CC(C5)CC4C6)C3=O)o2)cc(OC)c1OC. The molecule has 2 aromatic rings. The van der Waals surface area contributed by atoms with Crippen LogP contribution in [0.25, 0.3) is 17.4 Å². The van der Waals surface area contributed by atoms with Crippen LogP contribution in [0.3, 0.4) is 0 Å². The molecule has 1 aliphatic heterocycles. The van der Waals surface area contributed by atoms with Crippen molar-refractivity contribution in [2.45, 2.75) is 45.1 Å². The van der Waals surface area contributed by atoms with Gasteiger partial charge in [0.15, 0.2) is 18.1 Å². The highest BCUT2D eigenvalue weighted by Gasteiger charge is 2.53. The number of benzene rings is 1. The van der Waals surface area contributed by atoms with Crippen LogP contribution in [0.2, 0.25) is 0 Å². The molecule has 0 N–H and O–H groups in total. The number of furan rings is 1. The van der Waals surface area contributed by atoms with E-state index in [0.717, 1.165) is 11.8 Å². The summed E-state index contributed by atoms with van der Waals surface area (Å²) in [5.41, 5.74) is 0.664. The van der Waals surface area contributed by atoms with Gasteiger partial charge in [-0.2, -0.15) is 0 Å². The molecule has 0 atom stereocenters. The van der Waals surface area contributed by atoms with Crippen molar-refractivity contribution >= 4 is 46.3 Å². The predicted molar refractivity (Wildman–Crippen MR) is 155 cm³/mol. The smallest absolute Gasteiger partial charge is 0.344 e. The van der Waals surface area contributed by atoms with Gasteiger partial charge in [-0.25, -0.2) is 4.79 Å². The molecule has 4 saturated carbocycles. The number of hydrogen-bond donors (Lipinski definition) is 0. The topological polar surface area (TPSA) is 87.4 Å². The fourth-order valence-corrected chi connectivity index (χ4v) is 8.61. The van der Waals surface area contributed by atoms with Crippen molar-refractivity contribution in [3.8, 4) is 28.6 Å². The molecule has 40 heavy (non-hydrogen) atoms. The largest absolute Gasteiger partial charge is 0.493 e. The Morgan fingerprint density at radius 2 is 1.77 bits per heavy atom. The number of thioether (sulfide) groups is 1. The molecule has 10 heteroatoms. The van der Waals surface area contributed by atoms with Gasteiger partial charge in [-0.05, 0) is 87.0 Å². The van der Waals surface area contributed by atoms with E-state index in [9.17, 15) is 9.59 Å².